The molecule has 2 heteroatoms. The van der Waals surface area contributed by atoms with Gasteiger partial charge in [-0.2, -0.15) is 0 Å². The normalized spacial score (nSPS) is 12.5. The standard InChI is InChI=1S/C8H14O2/c1-3-6-10-7-4-5-8(2)9/h1,8-9H,4-7H2,2H3. The van der Waals surface area contributed by atoms with E-state index in [0.717, 1.165) is 12.8 Å². The minimum absolute atomic E-state index is 0.227. The van der Waals surface area contributed by atoms with Crippen molar-refractivity contribution < 1.29 is 9.84 Å². The Hall–Kier alpha value is -0.520. The molecule has 0 amide bonds. The first-order valence-corrected chi connectivity index (χ1v) is 3.46. The molecule has 0 bridgehead atoms. The lowest BCUT2D eigenvalue weighted by atomic mass is 10.2. The van der Waals surface area contributed by atoms with Crippen molar-refractivity contribution in [2.24, 2.45) is 0 Å². The van der Waals surface area contributed by atoms with Crippen LogP contribution in [0.25, 0.3) is 0 Å². The molecule has 10 heavy (non-hydrogen) atoms. The third kappa shape index (κ3) is 7.48. The van der Waals surface area contributed by atoms with Crippen LogP contribution in [-0.2, 0) is 4.74 Å². The van der Waals surface area contributed by atoms with Crippen molar-refractivity contribution in [1.29, 1.82) is 0 Å². The molecule has 58 valence electrons. The first kappa shape index (κ1) is 9.48. The van der Waals surface area contributed by atoms with Crippen molar-refractivity contribution in [2.45, 2.75) is 25.9 Å². The highest BCUT2D eigenvalue weighted by Gasteiger charge is 1.93. The van der Waals surface area contributed by atoms with E-state index in [2.05, 4.69) is 5.92 Å². The summed E-state index contributed by atoms with van der Waals surface area (Å²) in [6, 6.07) is 0. The molecule has 0 aliphatic rings. The summed E-state index contributed by atoms with van der Waals surface area (Å²) < 4.78 is 4.99. The maximum absolute atomic E-state index is 8.81. The molecule has 0 heterocycles. The molecular formula is C8H14O2. The SMILES string of the molecule is C#CCOCCCC(C)O. The lowest BCUT2D eigenvalue weighted by molar-refractivity contribution is 0.132. The summed E-state index contributed by atoms with van der Waals surface area (Å²) in [7, 11) is 0. The fraction of sp³-hybridized carbons (Fsp3) is 0.750. The van der Waals surface area contributed by atoms with Gasteiger partial charge in [-0.25, -0.2) is 0 Å². The highest BCUT2D eigenvalue weighted by molar-refractivity contribution is 4.82. The zero-order chi connectivity index (χ0) is 7.82. The summed E-state index contributed by atoms with van der Waals surface area (Å²) in [6.07, 6.45) is 6.38. The van der Waals surface area contributed by atoms with Crippen LogP contribution >= 0.6 is 0 Å². The van der Waals surface area contributed by atoms with Crippen LogP contribution in [0.15, 0.2) is 0 Å². The number of aliphatic hydroxyl groups excluding tert-OH is 1. The molecule has 0 aromatic rings. The highest BCUT2D eigenvalue weighted by atomic mass is 16.5. The van der Waals surface area contributed by atoms with Gasteiger partial charge in [0.15, 0.2) is 0 Å². The van der Waals surface area contributed by atoms with E-state index in [1.54, 1.807) is 6.92 Å². The van der Waals surface area contributed by atoms with E-state index in [1.165, 1.54) is 0 Å². The van der Waals surface area contributed by atoms with Crippen molar-refractivity contribution in [3.8, 4) is 12.3 Å². The van der Waals surface area contributed by atoms with E-state index in [0.29, 0.717) is 13.2 Å². The van der Waals surface area contributed by atoms with Gasteiger partial charge in [-0.05, 0) is 19.8 Å². The lowest BCUT2D eigenvalue weighted by Gasteiger charge is -2.02. The van der Waals surface area contributed by atoms with Crippen LogP contribution in [0.5, 0.6) is 0 Å². The Labute approximate surface area is 62.2 Å². The summed E-state index contributed by atoms with van der Waals surface area (Å²) in [5, 5.41) is 8.81. The molecule has 0 radical (unpaired) electrons. The molecule has 0 saturated heterocycles. The predicted molar refractivity (Wildman–Crippen MR) is 40.6 cm³/mol. The van der Waals surface area contributed by atoms with Gasteiger partial charge in [0.1, 0.15) is 6.61 Å². The Morgan fingerprint density at radius 2 is 2.40 bits per heavy atom. The number of hydrogen-bond acceptors (Lipinski definition) is 2. The van der Waals surface area contributed by atoms with Gasteiger partial charge in [0.05, 0.1) is 6.10 Å². The van der Waals surface area contributed by atoms with Crippen LogP contribution < -0.4 is 0 Å². The van der Waals surface area contributed by atoms with Crippen LogP contribution in [0.3, 0.4) is 0 Å². The van der Waals surface area contributed by atoms with Gasteiger partial charge in [0, 0.05) is 6.61 Å². The quantitative estimate of drug-likeness (QED) is 0.454. The van der Waals surface area contributed by atoms with Crippen molar-refractivity contribution >= 4 is 0 Å². The van der Waals surface area contributed by atoms with Crippen LogP contribution in [0.1, 0.15) is 19.8 Å². The van der Waals surface area contributed by atoms with Crippen molar-refractivity contribution in [1.82, 2.24) is 0 Å². The molecule has 1 N–H and O–H groups in total. The summed E-state index contributed by atoms with van der Waals surface area (Å²) in [6.45, 7) is 2.79. The Morgan fingerprint density at radius 3 is 2.90 bits per heavy atom. The molecule has 0 aliphatic carbocycles. The third-order valence-corrected chi connectivity index (χ3v) is 1.10. The first-order valence-electron chi connectivity index (χ1n) is 3.46. The number of ether oxygens (including phenoxy) is 1. The average Bonchev–Trinajstić information content (AvgIpc) is 1.87. The molecule has 0 aromatic heterocycles. The van der Waals surface area contributed by atoms with Crippen LogP contribution in [0.2, 0.25) is 0 Å². The Morgan fingerprint density at radius 1 is 1.70 bits per heavy atom. The first-order chi connectivity index (χ1) is 4.77. The van der Waals surface area contributed by atoms with Crippen molar-refractivity contribution in [2.75, 3.05) is 13.2 Å². The zero-order valence-electron chi connectivity index (χ0n) is 6.34. The maximum Gasteiger partial charge on any atom is 0.107 e. The summed E-state index contributed by atoms with van der Waals surface area (Å²) >= 11 is 0. The largest absolute Gasteiger partial charge is 0.393 e. The molecule has 1 atom stereocenters. The zero-order valence-corrected chi connectivity index (χ0v) is 6.34. The van der Waals surface area contributed by atoms with E-state index in [1.807, 2.05) is 0 Å². The van der Waals surface area contributed by atoms with Crippen LogP contribution in [0, 0.1) is 12.3 Å². The van der Waals surface area contributed by atoms with E-state index in [4.69, 9.17) is 16.3 Å². The maximum atomic E-state index is 8.81. The molecule has 0 fully saturated rings. The van der Waals surface area contributed by atoms with Gasteiger partial charge in [0.2, 0.25) is 0 Å². The van der Waals surface area contributed by atoms with Crippen LogP contribution in [-0.4, -0.2) is 24.4 Å². The van der Waals surface area contributed by atoms with Gasteiger partial charge in [-0.15, -0.1) is 6.42 Å². The fourth-order valence-electron chi connectivity index (χ4n) is 0.612. The Bertz CT molecular complexity index is 102. The topological polar surface area (TPSA) is 29.5 Å². The Kier molecular flexibility index (Phi) is 6.25. The van der Waals surface area contributed by atoms with Gasteiger partial charge >= 0.3 is 0 Å². The second-order valence-corrected chi connectivity index (χ2v) is 2.25. The second-order valence-electron chi connectivity index (χ2n) is 2.25. The van der Waals surface area contributed by atoms with E-state index >= 15 is 0 Å². The smallest absolute Gasteiger partial charge is 0.107 e. The fourth-order valence-corrected chi connectivity index (χ4v) is 0.612. The Balaban J connectivity index is 2.86. The van der Waals surface area contributed by atoms with Crippen LogP contribution in [0.4, 0.5) is 0 Å². The van der Waals surface area contributed by atoms with E-state index in [-0.39, 0.29) is 6.10 Å². The summed E-state index contributed by atoms with van der Waals surface area (Å²) in [5.74, 6) is 2.37. The second kappa shape index (κ2) is 6.60. The van der Waals surface area contributed by atoms with Crippen molar-refractivity contribution in [3.05, 3.63) is 0 Å². The molecule has 0 rings (SSSR count). The molecule has 0 saturated carbocycles. The number of hydrogen-bond donors (Lipinski definition) is 1. The summed E-state index contributed by atoms with van der Waals surface area (Å²) in [4.78, 5) is 0. The van der Waals surface area contributed by atoms with Gasteiger partial charge < -0.3 is 9.84 Å². The van der Waals surface area contributed by atoms with Gasteiger partial charge in [0.25, 0.3) is 0 Å². The third-order valence-electron chi connectivity index (χ3n) is 1.10. The molecule has 0 aromatic carbocycles. The molecule has 2 nitrogen and oxygen atoms in total. The van der Waals surface area contributed by atoms with Gasteiger partial charge in [-0.3, -0.25) is 0 Å². The van der Waals surface area contributed by atoms with E-state index < -0.39 is 0 Å². The number of rotatable bonds is 5. The van der Waals surface area contributed by atoms with E-state index in [9.17, 15) is 0 Å². The number of aliphatic hydroxyl groups is 1. The molecule has 0 aliphatic heterocycles. The molecule has 0 spiro atoms. The predicted octanol–water partition coefficient (Wildman–Crippen LogP) is 0.797. The van der Waals surface area contributed by atoms with Crippen molar-refractivity contribution in [3.63, 3.8) is 0 Å². The molecule has 1 unspecified atom stereocenters. The monoisotopic (exact) mass is 142 g/mol. The lowest BCUT2D eigenvalue weighted by Crippen LogP contribution is -2.02. The molecular weight excluding hydrogens is 128 g/mol. The van der Waals surface area contributed by atoms with Gasteiger partial charge in [-0.1, -0.05) is 5.92 Å². The highest BCUT2D eigenvalue weighted by Crippen LogP contribution is 1.94. The number of terminal acetylenes is 1. The minimum Gasteiger partial charge on any atom is -0.393 e. The minimum atomic E-state index is -0.227. The summed E-state index contributed by atoms with van der Waals surface area (Å²) in [5.41, 5.74) is 0. The average molecular weight is 142 g/mol.